The van der Waals surface area contributed by atoms with Crippen molar-refractivity contribution < 1.29 is 28.6 Å². The minimum atomic E-state index is -0.797. The first-order valence-corrected chi connectivity index (χ1v) is 34.5. The van der Waals surface area contributed by atoms with E-state index in [1.165, 1.54) is 135 Å². The van der Waals surface area contributed by atoms with Gasteiger partial charge in [-0.25, -0.2) is 0 Å². The third-order valence-electron chi connectivity index (χ3n) is 14.7. The highest BCUT2D eigenvalue weighted by Crippen LogP contribution is 2.16. The van der Waals surface area contributed by atoms with E-state index in [0.29, 0.717) is 19.3 Å². The van der Waals surface area contributed by atoms with Crippen molar-refractivity contribution in [3.8, 4) is 0 Å². The summed E-state index contributed by atoms with van der Waals surface area (Å²) >= 11 is 0. The Morgan fingerprint density at radius 2 is 0.488 bits per heavy atom. The SMILES string of the molecule is CC/C=C\C/C=C\C/C=C\C/C=C\C/C=C\C/C=C\C/C=C\CCCCCCCC(=O)OCC(COC(=O)CCCCCCC/C=C\C/C=C\CCCC)OC(=O)CCCCCCCCCCCCC/C=C\CCCCCCCCCC. The molecular weight excluding hydrogens is 1010 g/mol. The van der Waals surface area contributed by atoms with Crippen LogP contribution in [0.3, 0.4) is 0 Å². The Hall–Kier alpha value is -4.19. The molecule has 0 aromatic rings. The highest BCUT2D eigenvalue weighted by Gasteiger charge is 2.19. The fraction of sp³-hybridized carbons (Fsp3) is 0.697. The Morgan fingerprint density at radius 3 is 0.793 bits per heavy atom. The van der Waals surface area contributed by atoms with Gasteiger partial charge in [0.2, 0.25) is 0 Å². The second-order valence-electron chi connectivity index (χ2n) is 22.7. The van der Waals surface area contributed by atoms with Crippen LogP contribution in [0.4, 0.5) is 0 Å². The Labute approximate surface area is 507 Å². The Kier molecular flexibility index (Phi) is 65.8. The summed E-state index contributed by atoms with van der Waals surface area (Å²) < 4.78 is 16.9. The molecule has 0 fully saturated rings. The lowest BCUT2D eigenvalue weighted by molar-refractivity contribution is -0.167. The average molecular weight is 1140 g/mol. The second kappa shape index (κ2) is 69.3. The number of esters is 3. The van der Waals surface area contributed by atoms with Gasteiger partial charge in [0.05, 0.1) is 0 Å². The summed E-state index contributed by atoms with van der Waals surface area (Å²) in [6.07, 6.45) is 96.4. The van der Waals surface area contributed by atoms with Gasteiger partial charge in [0.15, 0.2) is 6.10 Å². The first kappa shape index (κ1) is 77.8. The van der Waals surface area contributed by atoms with Gasteiger partial charge in [-0.3, -0.25) is 14.4 Å². The van der Waals surface area contributed by atoms with E-state index in [-0.39, 0.29) is 31.1 Å². The van der Waals surface area contributed by atoms with Gasteiger partial charge in [-0.2, -0.15) is 0 Å². The standard InChI is InChI=1S/C76H128O6/c1-4-7-10-13-16-19-22-25-28-30-32-34-36-37-38-39-41-42-44-46-48-51-54-57-60-63-66-69-75(78)81-72-73(71-80-74(77)68-65-62-59-56-53-50-27-24-21-18-15-12-9-6-3)82-76(79)70-67-64-61-58-55-52-49-47-45-43-40-35-33-31-29-26-23-20-17-14-11-8-5-2/h7,10,15-16,18-19,24-25,27-28,31-34,37-38,41-42,46,48,73H,4-6,8-9,11-14,17,20-23,26,29-30,35-36,39-40,43-45,47,49-72H2,1-3H3/b10-7-,18-15-,19-16-,27-24-,28-25-,33-31-,34-32-,38-37-,42-41-,48-46-. The van der Waals surface area contributed by atoms with Crippen molar-refractivity contribution in [1.82, 2.24) is 0 Å². The number of hydrogen-bond donors (Lipinski definition) is 0. The molecule has 0 heterocycles. The number of rotatable bonds is 62. The zero-order valence-corrected chi connectivity index (χ0v) is 53.7. The molecule has 0 bridgehead atoms. The summed E-state index contributed by atoms with van der Waals surface area (Å²) in [5.74, 6) is -0.917. The average Bonchev–Trinajstić information content (AvgIpc) is 3.48. The highest BCUT2D eigenvalue weighted by molar-refractivity contribution is 5.71. The van der Waals surface area contributed by atoms with E-state index in [2.05, 4.69) is 142 Å². The van der Waals surface area contributed by atoms with Crippen LogP contribution < -0.4 is 0 Å². The monoisotopic (exact) mass is 1140 g/mol. The van der Waals surface area contributed by atoms with Gasteiger partial charge in [-0.1, -0.05) is 296 Å². The molecule has 1 unspecified atom stereocenters. The number of hydrogen-bond acceptors (Lipinski definition) is 6. The van der Waals surface area contributed by atoms with E-state index in [1.54, 1.807) is 0 Å². The summed E-state index contributed by atoms with van der Waals surface area (Å²) in [6.45, 7) is 6.48. The molecule has 0 aromatic carbocycles. The topological polar surface area (TPSA) is 78.9 Å². The van der Waals surface area contributed by atoms with Crippen molar-refractivity contribution in [3.63, 3.8) is 0 Å². The molecule has 6 nitrogen and oxygen atoms in total. The van der Waals surface area contributed by atoms with E-state index in [1.807, 2.05) is 0 Å². The van der Waals surface area contributed by atoms with Gasteiger partial charge >= 0.3 is 17.9 Å². The van der Waals surface area contributed by atoms with Gasteiger partial charge in [0.1, 0.15) is 13.2 Å². The number of ether oxygens (including phenoxy) is 3. The maximum absolute atomic E-state index is 13.0. The van der Waals surface area contributed by atoms with E-state index >= 15 is 0 Å². The molecule has 0 N–H and O–H groups in total. The van der Waals surface area contributed by atoms with Crippen molar-refractivity contribution in [2.75, 3.05) is 13.2 Å². The second-order valence-corrected chi connectivity index (χ2v) is 22.7. The Bertz CT molecular complexity index is 1690. The number of allylic oxidation sites excluding steroid dienone is 20. The van der Waals surface area contributed by atoms with Gasteiger partial charge < -0.3 is 14.2 Å². The van der Waals surface area contributed by atoms with E-state index < -0.39 is 6.10 Å². The van der Waals surface area contributed by atoms with E-state index in [0.717, 1.165) is 148 Å². The zero-order chi connectivity index (χ0) is 59.2. The number of carbonyl (C=O) groups is 3. The minimum Gasteiger partial charge on any atom is -0.462 e. The summed E-state index contributed by atoms with van der Waals surface area (Å²) in [7, 11) is 0. The largest absolute Gasteiger partial charge is 0.462 e. The van der Waals surface area contributed by atoms with Crippen LogP contribution in [0.25, 0.3) is 0 Å². The van der Waals surface area contributed by atoms with Crippen LogP contribution in [0.1, 0.15) is 323 Å². The van der Waals surface area contributed by atoms with Crippen LogP contribution in [-0.2, 0) is 28.6 Å². The Balaban J connectivity index is 4.39. The van der Waals surface area contributed by atoms with Crippen LogP contribution in [0.5, 0.6) is 0 Å². The molecular formula is C76H128O6. The van der Waals surface area contributed by atoms with Crippen LogP contribution in [0, 0.1) is 0 Å². The molecule has 0 radical (unpaired) electrons. The third kappa shape index (κ3) is 66.6. The molecule has 0 spiro atoms. The summed E-state index contributed by atoms with van der Waals surface area (Å²) in [5, 5.41) is 0. The predicted octanol–water partition coefficient (Wildman–Crippen LogP) is 23.9. The zero-order valence-electron chi connectivity index (χ0n) is 53.7. The number of carbonyl (C=O) groups excluding carboxylic acids is 3. The van der Waals surface area contributed by atoms with Crippen LogP contribution in [-0.4, -0.2) is 37.2 Å². The molecule has 468 valence electrons. The summed E-state index contributed by atoms with van der Waals surface area (Å²) in [5.41, 5.74) is 0. The van der Waals surface area contributed by atoms with Gasteiger partial charge in [0, 0.05) is 19.3 Å². The molecule has 0 aliphatic rings. The smallest absolute Gasteiger partial charge is 0.306 e. The molecule has 0 amide bonds. The van der Waals surface area contributed by atoms with Gasteiger partial charge in [0.25, 0.3) is 0 Å². The van der Waals surface area contributed by atoms with Crippen molar-refractivity contribution in [3.05, 3.63) is 122 Å². The first-order chi connectivity index (χ1) is 40.5. The fourth-order valence-corrected chi connectivity index (χ4v) is 9.49. The molecule has 1 atom stereocenters. The molecule has 0 saturated heterocycles. The van der Waals surface area contributed by atoms with Crippen molar-refractivity contribution in [1.29, 1.82) is 0 Å². The maximum Gasteiger partial charge on any atom is 0.306 e. The first-order valence-electron chi connectivity index (χ1n) is 34.5. The van der Waals surface area contributed by atoms with Gasteiger partial charge in [-0.15, -0.1) is 0 Å². The lowest BCUT2D eigenvalue weighted by atomic mass is 10.0. The van der Waals surface area contributed by atoms with Crippen molar-refractivity contribution >= 4 is 17.9 Å². The third-order valence-corrected chi connectivity index (χ3v) is 14.7. The fourth-order valence-electron chi connectivity index (χ4n) is 9.49. The molecule has 0 aliphatic heterocycles. The van der Waals surface area contributed by atoms with E-state index in [4.69, 9.17) is 14.2 Å². The molecule has 6 heteroatoms. The molecule has 0 aliphatic carbocycles. The predicted molar refractivity (Wildman–Crippen MR) is 357 cm³/mol. The maximum atomic E-state index is 13.0. The van der Waals surface area contributed by atoms with Crippen molar-refractivity contribution in [2.24, 2.45) is 0 Å². The van der Waals surface area contributed by atoms with Crippen LogP contribution in [0.15, 0.2) is 122 Å². The highest BCUT2D eigenvalue weighted by atomic mass is 16.6. The number of unbranched alkanes of at least 4 members (excludes halogenated alkanes) is 31. The van der Waals surface area contributed by atoms with Crippen LogP contribution >= 0.6 is 0 Å². The molecule has 0 saturated carbocycles. The summed E-state index contributed by atoms with van der Waals surface area (Å²) in [4.78, 5) is 38.4. The Morgan fingerprint density at radius 1 is 0.256 bits per heavy atom. The van der Waals surface area contributed by atoms with Crippen LogP contribution in [0.2, 0.25) is 0 Å². The van der Waals surface area contributed by atoms with Gasteiger partial charge in [-0.05, 0) is 128 Å². The van der Waals surface area contributed by atoms with E-state index in [9.17, 15) is 14.4 Å². The van der Waals surface area contributed by atoms with Crippen molar-refractivity contribution in [2.45, 2.75) is 329 Å². The molecule has 0 aromatic heterocycles. The lowest BCUT2D eigenvalue weighted by Gasteiger charge is -2.18. The summed E-state index contributed by atoms with van der Waals surface area (Å²) in [6, 6.07) is 0. The normalized spacial score (nSPS) is 12.9. The lowest BCUT2D eigenvalue weighted by Crippen LogP contribution is -2.30. The molecule has 82 heavy (non-hydrogen) atoms. The quantitative estimate of drug-likeness (QED) is 0.0261. The molecule has 0 rings (SSSR count). The minimum absolute atomic E-state index is 0.0930.